The van der Waals surface area contributed by atoms with Crippen LogP contribution in [0.3, 0.4) is 0 Å². The number of hydrogen-bond donors (Lipinski definition) is 3. The third-order valence-corrected chi connectivity index (χ3v) is 5.38. The Morgan fingerprint density at radius 1 is 1.28 bits per heavy atom. The van der Waals surface area contributed by atoms with Crippen LogP contribution in [-0.4, -0.2) is 79.8 Å². The minimum Gasteiger partial charge on any atom is -0.387 e. The Morgan fingerprint density at radius 3 is 2.62 bits per heavy atom. The lowest BCUT2D eigenvalue weighted by atomic mass is 10.1. The summed E-state index contributed by atoms with van der Waals surface area (Å²) in [4.78, 5) is 7.84. The molecule has 1 aliphatic rings. The lowest BCUT2D eigenvalue weighted by molar-refractivity contribution is -0.0179. The molecule has 1 aromatic rings. The molecule has 0 aliphatic carbocycles. The number of nitrogens with zero attached hydrogens (tertiary/aromatic N) is 2. The molecule has 1 saturated heterocycles. The van der Waals surface area contributed by atoms with Gasteiger partial charge in [0, 0.05) is 37.6 Å². The second-order valence-corrected chi connectivity index (χ2v) is 8.33. The van der Waals surface area contributed by atoms with Gasteiger partial charge in [-0.15, -0.1) is 35.7 Å². The lowest BCUT2D eigenvalue weighted by Crippen LogP contribution is -2.48. The van der Waals surface area contributed by atoms with Gasteiger partial charge >= 0.3 is 0 Å². The largest absolute Gasteiger partial charge is 0.387 e. The van der Waals surface area contributed by atoms with Crippen LogP contribution in [0.15, 0.2) is 34.2 Å². The van der Waals surface area contributed by atoms with Gasteiger partial charge in [0.05, 0.1) is 25.4 Å². The molecule has 1 aliphatic heterocycles. The maximum absolute atomic E-state index is 12.9. The van der Waals surface area contributed by atoms with Crippen LogP contribution in [-0.2, 0) is 4.74 Å². The third-order valence-electron chi connectivity index (χ3n) is 4.29. The smallest absolute Gasteiger partial charge is 0.191 e. The fraction of sp³-hybridized carbons (Fsp3) is 0.650. The summed E-state index contributed by atoms with van der Waals surface area (Å²) in [5, 5.41) is 17.2. The fourth-order valence-corrected chi connectivity index (χ4v) is 3.73. The summed E-state index contributed by atoms with van der Waals surface area (Å²) in [6.07, 6.45) is 0.955. The van der Waals surface area contributed by atoms with Crippen LogP contribution < -0.4 is 10.6 Å². The van der Waals surface area contributed by atoms with Gasteiger partial charge in [0.1, 0.15) is 5.82 Å². The maximum atomic E-state index is 12.9. The van der Waals surface area contributed by atoms with Crippen LogP contribution in [0.25, 0.3) is 0 Å². The number of halogens is 2. The standard InChI is InChI=1S/C20H33FN4O2S.HI/c1-3-22-19(23-9-4-14-28-18-7-5-17(21)6-8-18)24-15-20(2,26)16-25-10-12-27-13-11-25;/h5-8,26H,3-4,9-16H2,1-2H3,(H2,22,23,24);1H. The second-order valence-electron chi connectivity index (χ2n) is 7.16. The average molecular weight is 540 g/mol. The molecule has 1 heterocycles. The van der Waals surface area contributed by atoms with Crippen LogP contribution in [0.1, 0.15) is 20.3 Å². The normalized spacial score (nSPS) is 17.3. The van der Waals surface area contributed by atoms with Gasteiger partial charge < -0.3 is 20.5 Å². The van der Waals surface area contributed by atoms with E-state index < -0.39 is 5.60 Å². The number of guanidine groups is 1. The summed E-state index contributed by atoms with van der Waals surface area (Å²) >= 11 is 1.71. The minimum atomic E-state index is -0.877. The van der Waals surface area contributed by atoms with Crippen LogP contribution in [0, 0.1) is 5.82 Å². The van der Waals surface area contributed by atoms with E-state index in [9.17, 15) is 9.50 Å². The van der Waals surface area contributed by atoms with E-state index in [1.54, 1.807) is 23.9 Å². The van der Waals surface area contributed by atoms with Crippen LogP contribution >= 0.6 is 35.7 Å². The second kappa shape index (κ2) is 14.4. The molecule has 1 fully saturated rings. The molecule has 0 aromatic heterocycles. The Labute approximate surface area is 195 Å². The summed E-state index contributed by atoms with van der Waals surface area (Å²) in [6, 6.07) is 6.57. The van der Waals surface area contributed by atoms with E-state index in [1.807, 2.05) is 13.8 Å². The van der Waals surface area contributed by atoms with Gasteiger partial charge in [-0.25, -0.2) is 4.39 Å². The first-order valence-electron chi connectivity index (χ1n) is 9.91. The molecule has 2 rings (SSSR count). The Bertz CT molecular complexity index is 599. The first-order chi connectivity index (χ1) is 13.5. The van der Waals surface area contributed by atoms with Gasteiger partial charge in [-0.1, -0.05) is 0 Å². The summed E-state index contributed by atoms with van der Waals surface area (Å²) in [5.74, 6) is 1.45. The SMILES string of the molecule is CCNC(=NCC(C)(O)CN1CCOCC1)NCCCSc1ccc(F)cc1.I. The van der Waals surface area contributed by atoms with Gasteiger partial charge in [-0.05, 0) is 50.3 Å². The van der Waals surface area contributed by atoms with E-state index in [0.717, 1.165) is 62.4 Å². The van der Waals surface area contributed by atoms with Crippen molar-refractivity contribution in [1.82, 2.24) is 15.5 Å². The van der Waals surface area contributed by atoms with E-state index in [4.69, 9.17) is 4.74 Å². The topological polar surface area (TPSA) is 69.1 Å². The molecule has 6 nitrogen and oxygen atoms in total. The Morgan fingerprint density at radius 2 is 1.97 bits per heavy atom. The molecule has 166 valence electrons. The quantitative estimate of drug-likeness (QED) is 0.139. The number of β-amino-alcohol motifs (C(OH)–C–C–N with tert-alkyl or cyclic N) is 1. The van der Waals surface area contributed by atoms with E-state index in [2.05, 4.69) is 20.5 Å². The number of ether oxygens (including phenoxy) is 1. The van der Waals surface area contributed by atoms with Crippen LogP contribution in [0.5, 0.6) is 0 Å². The molecule has 9 heteroatoms. The highest BCUT2D eigenvalue weighted by Gasteiger charge is 2.25. The molecule has 3 N–H and O–H groups in total. The highest BCUT2D eigenvalue weighted by molar-refractivity contribution is 14.0. The predicted molar refractivity (Wildman–Crippen MR) is 129 cm³/mol. The Hall–Kier alpha value is -0.620. The zero-order valence-electron chi connectivity index (χ0n) is 17.3. The van der Waals surface area contributed by atoms with Crippen molar-refractivity contribution in [2.24, 2.45) is 4.99 Å². The number of morpholine rings is 1. The van der Waals surface area contributed by atoms with Crippen LogP contribution in [0.4, 0.5) is 4.39 Å². The molecule has 29 heavy (non-hydrogen) atoms. The molecule has 0 bridgehead atoms. The highest BCUT2D eigenvalue weighted by Crippen LogP contribution is 2.18. The van der Waals surface area contributed by atoms with Crippen molar-refractivity contribution >= 4 is 41.7 Å². The van der Waals surface area contributed by atoms with Crippen molar-refractivity contribution in [2.45, 2.75) is 30.8 Å². The van der Waals surface area contributed by atoms with Gasteiger partial charge in [0.25, 0.3) is 0 Å². The highest BCUT2D eigenvalue weighted by atomic mass is 127. The molecule has 0 radical (unpaired) electrons. The molecular weight excluding hydrogens is 506 g/mol. The number of nitrogens with one attached hydrogen (secondary N) is 2. The first-order valence-corrected chi connectivity index (χ1v) is 10.9. The summed E-state index contributed by atoms with van der Waals surface area (Å²) in [6.45, 7) is 9.47. The zero-order chi connectivity index (χ0) is 20.2. The van der Waals surface area contributed by atoms with E-state index >= 15 is 0 Å². The predicted octanol–water partition coefficient (Wildman–Crippen LogP) is 2.56. The van der Waals surface area contributed by atoms with Gasteiger partial charge in [0.15, 0.2) is 5.96 Å². The lowest BCUT2D eigenvalue weighted by Gasteiger charge is -2.33. The average Bonchev–Trinajstić information content (AvgIpc) is 2.67. The molecule has 1 aromatic carbocycles. The number of aliphatic hydroxyl groups is 1. The fourth-order valence-electron chi connectivity index (χ4n) is 2.88. The number of thioether (sulfide) groups is 1. The number of hydrogen-bond acceptors (Lipinski definition) is 5. The van der Waals surface area contributed by atoms with Crippen molar-refractivity contribution in [1.29, 1.82) is 0 Å². The van der Waals surface area contributed by atoms with Crippen molar-refractivity contribution in [3.8, 4) is 0 Å². The van der Waals surface area contributed by atoms with Crippen molar-refractivity contribution < 1.29 is 14.2 Å². The first kappa shape index (κ1) is 26.4. The monoisotopic (exact) mass is 540 g/mol. The molecule has 1 unspecified atom stereocenters. The zero-order valence-corrected chi connectivity index (χ0v) is 20.5. The molecule has 1 atom stereocenters. The van der Waals surface area contributed by atoms with Gasteiger partial charge in [-0.3, -0.25) is 9.89 Å². The number of benzene rings is 1. The maximum Gasteiger partial charge on any atom is 0.191 e. The van der Waals surface area contributed by atoms with E-state index in [1.165, 1.54) is 12.1 Å². The van der Waals surface area contributed by atoms with Crippen molar-refractivity contribution in [2.75, 3.05) is 58.2 Å². The summed E-state index contributed by atoms with van der Waals surface area (Å²) in [5.41, 5.74) is -0.877. The number of rotatable bonds is 10. The van der Waals surface area contributed by atoms with Gasteiger partial charge in [-0.2, -0.15) is 0 Å². The molecular formula is C20H34FIN4O2S. The van der Waals surface area contributed by atoms with E-state index in [-0.39, 0.29) is 29.8 Å². The minimum absolute atomic E-state index is 0. The Balaban J connectivity index is 0.00000420. The van der Waals surface area contributed by atoms with Crippen molar-refractivity contribution in [3.05, 3.63) is 30.1 Å². The molecule has 0 spiro atoms. The number of aliphatic imine (C=N–C) groups is 1. The van der Waals surface area contributed by atoms with Gasteiger partial charge in [0.2, 0.25) is 0 Å². The van der Waals surface area contributed by atoms with E-state index in [0.29, 0.717) is 13.1 Å². The molecule has 0 amide bonds. The summed E-state index contributed by atoms with van der Waals surface area (Å²) < 4.78 is 18.3. The molecule has 0 saturated carbocycles. The van der Waals surface area contributed by atoms with Crippen LogP contribution in [0.2, 0.25) is 0 Å². The van der Waals surface area contributed by atoms with Crippen molar-refractivity contribution in [3.63, 3.8) is 0 Å². The summed E-state index contributed by atoms with van der Waals surface area (Å²) in [7, 11) is 0. The third kappa shape index (κ3) is 11.4. The Kier molecular flexibility index (Phi) is 13.1.